The van der Waals surface area contributed by atoms with Crippen molar-refractivity contribution >= 4 is 11.6 Å². The molecule has 0 aliphatic carbocycles. The molecule has 0 bridgehead atoms. The molecule has 1 saturated heterocycles. The van der Waals surface area contributed by atoms with Crippen molar-refractivity contribution in [2.24, 2.45) is 5.92 Å². The highest BCUT2D eigenvalue weighted by Crippen LogP contribution is 2.13. The number of Topliss-reactive ketones (excluding diaryl/α,β-unsaturated/α-hetero) is 1. The van der Waals surface area contributed by atoms with Crippen LogP contribution in [0.15, 0.2) is 18.3 Å². The Morgan fingerprint density at radius 1 is 1.60 bits per heavy atom. The van der Waals surface area contributed by atoms with Crippen LogP contribution < -0.4 is 11.1 Å². The first-order valence-electron chi connectivity index (χ1n) is 5.17. The molecular formula is C11H15N3O. The van der Waals surface area contributed by atoms with E-state index in [4.69, 9.17) is 5.73 Å². The molecule has 0 amide bonds. The van der Waals surface area contributed by atoms with Crippen LogP contribution in [0.4, 0.5) is 5.82 Å². The van der Waals surface area contributed by atoms with Crippen molar-refractivity contribution in [2.45, 2.75) is 12.8 Å². The van der Waals surface area contributed by atoms with Crippen LogP contribution >= 0.6 is 0 Å². The van der Waals surface area contributed by atoms with Gasteiger partial charge in [-0.25, -0.2) is 4.98 Å². The summed E-state index contributed by atoms with van der Waals surface area (Å²) in [4.78, 5) is 15.6. The lowest BCUT2D eigenvalue weighted by Crippen LogP contribution is -2.43. The number of rotatable bonds is 4. The van der Waals surface area contributed by atoms with Crippen molar-refractivity contribution in [3.8, 4) is 0 Å². The molecule has 0 radical (unpaired) electrons. The van der Waals surface area contributed by atoms with Crippen LogP contribution in [-0.2, 0) is 11.2 Å². The predicted molar refractivity (Wildman–Crippen MR) is 58.3 cm³/mol. The van der Waals surface area contributed by atoms with Crippen LogP contribution in [0.2, 0.25) is 0 Å². The topological polar surface area (TPSA) is 68.0 Å². The molecule has 0 atom stereocenters. The van der Waals surface area contributed by atoms with Crippen LogP contribution in [0.1, 0.15) is 12.0 Å². The smallest absolute Gasteiger partial charge is 0.137 e. The van der Waals surface area contributed by atoms with E-state index < -0.39 is 0 Å². The van der Waals surface area contributed by atoms with Gasteiger partial charge in [-0.2, -0.15) is 0 Å². The van der Waals surface area contributed by atoms with Crippen molar-refractivity contribution < 1.29 is 4.79 Å². The second-order valence-corrected chi connectivity index (χ2v) is 3.99. The van der Waals surface area contributed by atoms with Gasteiger partial charge in [-0.05, 0) is 25.1 Å². The normalized spacial score (nSPS) is 16.0. The fourth-order valence-corrected chi connectivity index (χ4v) is 1.70. The summed E-state index contributed by atoms with van der Waals surface area (Å²) in [5.41, 5.74) is 6.51. The Bertz CT molecular complexity index is 361. The molecule has 4 heteroatoms. The Labute approximate surface area is 88.9 Å². The third-order valence-corrected chi connectivity index (χ3v) is 2.70. The molecule has 15 heavy (non-hydrogen) atoms. The van der Waals surface area contributed by atoms with Crippen LogP contribution in [0.25, 0.3) is 0 Å². The number of nitrogens with zero attached hydrogens (tertiary/aromatic N) is 1. The van der Waals surface area contributed by atoms with Gasteiger partial charge in [0, 0.05) is 24.6 Å². The number of aromatic nitrogens is 1. The Balaban J connectivity index is 1.90. The molecule has 1 fully saturated rings. The van der Waals surface area contributed by atoms with Gasteiger partial charge in [0.15, 0.2) is 0 Å². The van der Waals surface area contributed by atoms with Gasteiger partial charge < -0.3 is 11.1 Å². The molecule has 3 N–H and O–H groups in total. The van der Waals surface area contributed by atoms with Crippen molar-refractivity contribution in [3.63, 3.8) is 0 Å². The standard InChI is InChI=1S/C11H15N3O/c12-11-9(2-1-3-14-11)5-10(15)4-8-6-13-7-8/h1-3,8,13H,4-7H2,(H2,12,14). The molecule has 4 nitrogen and oxygen atoms in total. The van der Waals surface area contributed by atoms with Gasteiger partial charge >= 0.3 is 0 Å². The van der Waals surface area contributed by atoms with Gasteiger partial charge in [0.1, 0.15) is 11.6 Å². The minimum atomic E-state index is 0.251. The van der Waals surface area contributed by atoms with E-state index in [1.165, 1.54) is 0 Å². The van der Waals surface area contributed by atoms with E-state index in [2.05, 4.69) is 10.3 Å². The molecule has 2 heterocycles. The average Bonchev–Trinajstić information content (AvgIpc) is 2.16. The number of anilines is 1. The monoisotopic (exact) mass is 205 g/mol. The number of nitrogen functional groups attached to an aromatic ring is 1. The van der Waals surface area contributed by atoms with Gasteiger partial charge in [0.2, 0.25) is 0 Å². The van der Waals surface area contributed by atoms with E-state index in [9.17, 15) is 4.79 Å². The molecule has 1 aliphatic heterocycles. The largest absolute Gasteiger partial charge is 0.383 e. The lowest BCUT2D eigenvalue weighted by molar-refractivity contribution is -0.119. The third kappa shape index (κ3) is 2.53. The van der Waals surface area contributed by atoms with Crippen molar-refractivity contribution in [3.05, 3.63) is 23.9 Å². The lowest BCUT2D eigenvalue weighted by atomic mass is 9.94. The third-order valence-electron chi connectivity index (χ3n) is 2.70. The molecule has 0 spiro atoms. The fourth-order valence-electron chi connectivity index (χ4n) is 1.70. The van der Waals surface area contributed by atoms with Crippen LogP contribution in [-0.4, -0.2) is 23.9 Å². The summed E-state index contributed by atoms with van der Waals surface area (Å²) in [6.45, 7) is 1.93. The molecule has 1 aromatic rings. The highest BCUT2D eigenvalue weighted by Gasteiger charge is 2.20. The minimum absolute atomic E-state index is 0.251. The summed E-state index contributed by atoms with van der Waals surface area (Å²) in [6, 6.07) is 3.67. The zero-order chi connectivity index (χ0) is 10.7. The number of hydrogen-bond donors (Lipinski definition) is 2. The van der Waals surface area contributed by atoms with E-state index >= 15 is 0 Å². The Kier molecular flexibility index (Phi) is 2.97. The van der Waals surface area contributed by atoms with Gasteiger partial charge in [0.05, 0.1) is 0 Å². The number of nitrogens with one attached hydrogen (secondary N) is 1. The molecular weight excluding hydrogens is 190 g/mol. The maximum atomic E-state index is 11.7. The maximum absolute atomic E-state index is 11.7. The molecule has 0 aromatic carbocycles. The predicted octanol–water partition coefficient (Wildman–Crippen LogP) is 0.385. The number of carbonyl (C=O) groups excluding carboxylic acids is 1. The van der Waals surface area contributed by atoms with Crippen LogP contribution in [0, 0.1) is 5.92 Å². The Morgan fingerprint density at radius 2 is 2.40 bits per heavy atom. The summed E-state index contributed by atoms with van der Waals surface area (Å²) in [7, 11) is 0. The van der Waals surface area contributed by atoms with E-state index in [0.717, 1.165) is 18.7 Å². The average molecular weight is 205 g/mol. The Hall–Kier alpha value is -1.42. The first-order chi connectivity index (χ1) is 7.25. The molecule has 1 aromatic heterocycles. The molecule has 1 aliphatic rings. The second-order valence-electron chi connectivity index (χ2n) is 3.99. The quantitative estimate of drug-likeness (QED) is 0.746. The van der Waals surface area contributed by atoms with Crippen molar-refractivity contribution in [2.75, 3.05) is 18.8 Å². The molecule has 0 unspecified atom stereocenters. The Morgan fingerprint density at radius 3 is 3.00 bits per heavy atom. The SMILES string of the molecule is Nc1ncccc1CC(=O)CC1CNC1. The number of ketones is 1. The van der Waals surface area contributed by atoms with Gasteiger partial charge in [-0.3, -0.25) is 4.79 Å². The van der Waals surface area contributed by atoms with E-state index in [0.29, 0.717) is 24.6 Å². The first-order valence-corrected chi connectivity index (χ1v) is 5.17. The first kappa shape index (κ1) is 10.1. The summed E-state index contributed by atoms with van der Waals surface area (Å²) in [5, 5.41) is 3.15. The van der Waals surface area contributed by atoms with Gasteiger partial charge in [0.25, 0.3) is 0 Å². The van der Waals surface area contributed by atoms with E-state index in [1.54, 1.807) is 6.20 Å². The van der Waals surface area contributed by atoms with E-state index in [1.807, 2.05) is 12.1 Å². The second kappa shape index (κ2) is 4.40. The summed E-state index contributed by atoms with van der Waals surface area (Å²) >= 11 is 0. The van der Waals surface area contributed by atoms with Crippen LogP contribution in [0.3, 0.4) is 0 Å². The van der Waals surface area contributed by atoms with Gasteiger partial charge in [-0.1, -0.05) is 6.07 Å². The fraction of sp³-hybridized carbons (Fsp3) is 0.455. The lowest BCUT2D eigenvalue weighted by Gasteiger charge is -2.26. The van der Waals surface area contributed by atoms with Crippen molar-refractivity contribution in [1.29, 1.82) is 0 Å². The summed E-state index contributed by atoms with van der Waals surface area (Å²) in [6.07, 6.45) is 2.71. The van der Waals surface area contributed by atoms with Gasteiger partial charge in [-0.15, -0.1) is 0 Å². The molecule has 0 saturated carbocycles. The van der Waals surface area contributed by atoms with Crippen molar-refractivity contribution in [1.82, 2.24) is 10.3 Å². The van der Waals surface area contributed by atoms with Crippen LogP contribution in [0.5, 0.6) is 0 Å². The minimum Gasteiger partial charge on any atom is -0.383 e. The molecule has 80 valence electrons. The number of pyridine rings is 1. The maximum Gasteiger partial charge on any atom is 0.137 e. The summed E-state index contributed by atoms with van der Waals surface area (Å²) in [5.74, 6) is 1.24. The highest BCUT2D eigenvalue weighted by molar-refractivity contribution is 5.82. The zero-order valence-corrected chi connectivity index (χ0v) is 8.57. The number of nitrogens with two attached hydrogens (primary N) is 1. The number of hydrogen-bond acceptors (Lipinski definition) is 4. The molecule has 2 rings (SSSR count). The van der Waals surface area contributed by atoms with E-state index in [-0.39, 0.29) is 5.78 Å². The summed E-state index contributed by atoms with van der Waals surface area (Å²) < 4.78 is 0. The highest BCUT2D eigenvalue weighted by atomic mass is 16.1. The zero-order valence-electron chi connectivity index (χ0n) is 8.57. The number of carbonyl (C=O) groups is 1.